The summed E-state index contributed by atoms with van der Waals surface area (Å²) >= 11 is 0. The van der Waals surface area contributed by atoms with Gasteiger partial charge in [-0.05, 0) is 55.0 Å². The fraction of sp³-hybridized carbons (Fsp3) is 0.148. The van der Waals surface area contributed by atoms with Gasteiger partial charge in [-0.15, -0.1) is 5.10 Å². The van der Waals surface area contributed by atoms with Crippen molar-refractivity contribution in [3.63, 3.8) is 0 Å². The summed E-state index contributed by atoms with van der Waals surface area (Å²) in [7, 11) is 0. The van der Waals surface area contributed by atoms with Gasteiger partial charge in [-0.2, -0.15) is 5.26 Å². The summed E-state index contributed by atoms with van der Waals surface area (Å²) in [5.41, 5.74) is 8.97. The lowest BCUT2D eigenvalue weighted by molar-refractivity contribution is 0.0695. The summed E-state index contributed by atoms with van der Waals surface area (Å²) in [6.07, 6.45) is 1.38. The van der Waals surface area contributed by atoms with E-state index in [1.54, 1.807) is 30.3 Å². The molecule has 11 heteroatoms. The van der Waals surface area contributed by atoms with Crippen LogP contribution in [-0.4, -0.2) is 29.6 Å². The molecule has 190 valence electrons. The molecule has 4 aromatic rings. The van der Waals surface area contributed by atoms with Crippen molar-refractivity contribution in [3.8, 4) is 46.2 Å². The van der Waals surface area contributed by atoms with Crippen LogP contribution in [0.3, 0.4) is 0 Å². The van der Waals surface area contributed by atoms with Crippen molar-refractivity contribution in [3.05, 3.63) is 83.1 Å². The molecule has 3 N–H and O–H groups in total. The zero-order valence-corrected chi connectivity index (χ0v) is 20.0. The van der Waals surface area contributed by atoms with Crippen molar-refractivity contribution >= 4 is 5.97 Å². The van der Waals surface area contributed by atoms with Gasteiger partial charge in [0.15, 0.2) is 23.0 Å². The molecule has 0 unspecified atom stereocenters. The lowest BCUT2D eigenvalue weighted by Crippen LogP contribution is -2.21. The Bertz CT molecular complexity index is 1610. The number of nitriles is 1. The van der Waals surface area contributed by atoms with Crippen LogP contribution in [0.15, 0.2) is 70.7 Å². The number of hydrogen-bond acceptors (Lipinski definition) is 10. The minimum Gasteiger partial charge on any atom is -0.490 e. The number of carbonyl (C=O) groups excluding carboxylic acids is 1. The third-order valence-electron chi connectivity index (χ3n) is 6.13. The molecule has 0 amide bonds. The first-order chi connectivity index (χ1) is 18.6. The molecule has 38 heavy (non-hydrogen) atoms. The highest BCUT2D eigenvalue weighted by molar-refractivity contribution is 5.88. The fourth-order valence-electron chi connectivity index (χ4n) is 4.45. The van der Waals surface area contributed by atoms with Crippen LogP contribution >= 0.6 is 0 Å². The predicted molar refractivity (Wildman–Crippen MR) is 131 cm³/mol. The van der Waals surface area contributed by atoms with Crippen LogP contribution in [0.1, 0.15) is 34.5 Å². The number of nitrogens with two attached hydrogens (primary N) is 1. The van der Waals surface area contributed by atoms with Crippen LogP contribution in [0.2, 0.25) is 0 Å². The Hall–Kier alpha value is -5.37. The summed E-state index contributed by atoms with van der Waals surface area (Å²) in [4.78, 5) is 12.5. The van der Waals surface area contributed by atoms with Gasteiger partial charge in [0.2, 0.25) is 24.3 Å². The average molecular weight is 512 g/mol. The number of nitrogens with zero attached hydrogens (tertiary/aromatic N) is 2. The summed E-state index contributed by atoms with van der Waals surface area (Å²) in [5, 5.41) is 17.4. The van der Waals surface area contributed by atoms with E-state index >= 15 is 0 Å². The number of hydrogen-bond donors (Lipinski definition) is 2. The number of esters is 1. The molecule has 0 saturated heterocycles. The van der Waals surface area contributed by atoms with Crippen LogP contribution < -0.4 is 29.4 Å². The maximum absolute atomic E-state index is 12.5. The minimum atomic E-state index is -0.668. The highest BCUT2D eigenvalue weighted by Crippen LogP contribution is 2.48. The van der Waals surface area contributed by atoms with Gasteiger partial charge in [0.05, 0.1) is 30.0 Å². The number of allylic oxidation sites excluding steroid dienone is 1. The second-order valence-electron chi connectivity index (χ2n) is 8.32. The smallest absolute Gasteiger partial charge is 0.379 e. The lowest BCUT2D eigenvalue weighted by atomic mass is 9.83. The highest BCUT2D eigenvalue weighted by atomic mass is 16.7. The molecule has 0 bridgehead atoms. The molecule has 6 rings (SSSR count). The molecule has 4 heterocycles. The van der Waals surface area contributed by atoms with Gasteiger partial charge in [0, 0.05) is 5.56 Å². The number of rotatable bonds is 6. The molecule has 0 radical (unpaired) electrons. The van der Waals surface area contributed by atoms with Crippen molar-refractivity contribution in [1.29, 1.82) is 5.26 Å². The van der Waals surface area contributed by atoms with E-state index in [0.29, 0.717) is 40.7 Å². The molecular formula is C27H20N4O7. The molecule has 0 saturated carbocycles. The molecular weight excluding hydrogens is 492 g/mol. The van der Waals surface area contributed by atoms with E-state index in [-0.39, 0.29) is 35.6 Å². The first-order valence-electron chi connectivity index (χ1n) is 11.7. The zero-order valence-electron chi connectivity index (χ0n) is 20.0. The van der Waals surface area contributed by atoms with E-state index in [9.17, 15) is 10.1 Å². The van der Waals surface area contributed by atoms with Gasteiger partial charge in [-0.3, -0.25) is 5.10 Å². The molecule has 0 fully saturated rings. The van der Waals surface area contributed by atoms with Crippen LogP contribution in [0.25, 0.3) is 11.3 Å². The minimum absolute atomic E-state index is 0.0554. The maximum Gasteiger partial charge on any atom is 0.379 e. The van der Waals surface area contributed by atoms with Crippen molar-refractivity contribution in [2.45, 2.75) is 12.8 Å². The Kier molecular flexibility index (Phi) is 5.61. The standard InChI is InChI=1S/C27H20N4O7/c1-2-33-21-10-14(5-8-18(21)37-27(32)19-4-3-9-34-19)22-16(12-28)25(29)38-26-23(22)24(30-31-26)15-6-7-17-20(11-15)36-13-35-17/h3-11,22H,2,13,29H2,1H3,(H,30,31)/t22-/m1/s1. The number of carbonyl (C=O) groups is 1. The number of H-pyrrole nitrogens is 1. The molecule has 0 aliphatic carbocycles. The van der Waals surface area contributed by atoms with E-state index < -0.39 is 11.9 Å². The van der Waals surface area contributed by atoms with Crippen molar-refractivity contribution in [2.24, 2.45) is 5.73 Å². The van der Waals surface area contributed by atoms with Gasteiger partial charge in [0.1, 0.15) is 11.6 Å². The van der Waals surface area contributed by atoms with Crippen LogP contribution in [0.4, 0.5) is 0 Å². The van der Waals surface area contributed by atoms with E-state index in [0.717, 1.165) is 5.56 Å². The second kappa shape index (κ2) is 9.25. The Balaban J connectivity index is 1.44. The quantitative estimate of drug-likeness (QED) is 0.283. The summed E-state index contributed by atoms with van der Waals surface area (Å²) in [6, 6.07) is 15.8. The SMILES string of the molecule is CCOc1cc([C@@H]2C(C#N)=C(N)Oc3n[nH]c(-c4ccc5c(c4)OCO5)c32)ccc1OC(=O)c1ccco1. The highest BCUT2D eigenvalue weighted by Gasteiger charge is 2.36. The number of aromatic nitrogens is 2. The Morgan fingerprint density at radius 1 is 1.18 bits per heavy atom. The molecule has 2 aromatic heterocycles. The lowest BCUT2D eigenvalue weighted by Gasteiger charge is -2.25. The van der Waals surface area contributed by atoms with E-state index in [4.69, 9.17) is 33.8 Å². The van der Waals surface area contributed by atoms with Gasteiger partial charge in [-0.25, -0.2) is 4.79 Å². The largest absolute Gasteiger partial charge is 0.490 e. The van der Waals surface area contributed by atoms with Gasteiger partial charge in [0.25, 0.3) is 0 Å². The summed E-state index contributed by atoms with van der Waals surface area (Å²) in [5.74, 6) is 0.653. The van der Waals surface area contributed by atoms with E-state index in [1.807, 2.05) is 19.1 Å². The third kappa shape index (κ3) is 3.84. The number of benzene rings is 2. The number of fused-ring (bicyclic) bond motifs is 2. The van der Waals surface area contributed by atoms with Crippen LogP contribution in [0.5, 0.6) is 28.9 Å². The molecule has 2 aliphatic rings. The zero-order chi connectivity index (χ0) is 26.2. The Morgan fingerprint density at radius 2 is 2.05 bits per heavy atom. The van der Waals surface area contributed by atoms with Crippen molar-refractivity contribution in [1.82, 2.24) is 10.2 Å². The first kappa shape index (κ1) is 23.1. The first-order valence-corrected chi connectivity index (χ1v) is 11.7. The number of furan rings is 1. The third-order valence-corrected chi connectivity index (χ3v) is 6.13. The molecule has 2 aromatic carbocycles. The Morgan fingerprint density at radius 3 is 2.84 bits per heavy atom. The maximum atomic E-state index is 12.5. The monoisotopic (exact) mass is 512 g/mol. The second-order valence-corrected chi connectivity index (χ2v) is 8.32. The van der Waals surface area contributed by atoms with Crippen molar-refractivity contribution < 1.29 is 32.9 Å². The summed E-state index contributed by atoms with van der Waals surface area (Å²) < 4.78 is 33.1. The number of aromatic amines is 1. The fourth-order valence-corrected chi connectivity index (χ4v) is 4.45. The summed E-state index contributed by atoms with van der Waals surface area (Å²) in [6.45, 7) is 2.26. The van der Waals surface area contributed by atoms with Crippen LogP contribution in [-0.2, 0) is 0 Å². The van der Waals surface area contributed by atoms with Gasteiger partial charge in [-0.1, -0.05) is 6.07 Å². The van der Waals surface area contributed by atoms with Crippen LogP contribution in [0, 0.1) is 11.3 Å². The normalized spacial score (nSPS) is 15.4. The molecule has 2 aliphatic heterocycles. The number of nitrogens with one attached hydrogen (secondary N) is 1. The van der Waals surface area contributed by atoms with Gasteiger partial charge >= 0.3 is 5.97 Å². The topological polar surface area (TPSA) is 155 Å². The Labute approximate surface area is 215 Å². The predicted octanol–water partition coefficient (Wildman–Crippen LogP) is 4.23. The number of ether oxygens (including phenoxy) is 5. The average Bonchev–Trinajstić information content (AvgIpc) is 3.69. The van der Waals surface area contributed by atoms with Crippen molar-refractivity contribution in [2.75, 3.05) is 13.4 Å². The van der Waals surface area contributed by atoms with Gasteiger partial charge < -0.3 is 33.8 Å². The van der Waals surface area contributed by atoms with E-state index in [2.05, 4.69) is 16.3 Å². The molecule has 11 nitrogen and oxygen atoms in total. The molecule has 0 spiro atoms. The van der Waals surface area contributed by atoms with E-state index in [1.165, 1.54) is 12.3 Å². The molecule has 1 atom stereocenters.